The Balaban J connectivity index is 0.00000109. The first-order chi connectivity index (χ1) is 13.3. The maximum absolute atomic E-state index is 12.8. The van der Waals surface area contributed by atoms with Crippen LogP contribution in [0.3, 0.4) is 0 Å². The van der Waals surface area contributed by atoms with Gasteiger partial charge in [0.05, 0.1) is 0 Å². The number of hydrogen-bond donors (Lipinski definition) is 1. The van der Waals surface area contributed by atoms with Gasteiger partial charge >= 0.3 is 0 Å². The van der Waals surface area contributed by atoms with Gasteiger partial charge in [0.1, 0.15) is 5.60 Å². The van der Waals surface area contributed by atoms with Gasteiger partial charge in [-0.05, 0) is 45.7 Å². The fraction of sp³-hybridized carbons (Fsp3) is 0.696. The van der Waals surface area contributed by atoms with Crippen molar-refractivity contribution in [2.24, 2.45) is 5.41 Å². The monoisotopic (exact) mass is 387 g/mol. The molecule has 3 saturated heterocycles. The van der Waals surface area contributed by atoms with Crippen molar-refractivity contribution in [3.63, 3.8) is 0 Å². The van der Waals surface area contributed by atoms with Gasteiger partial charge in [0.25, 0.3) is 5.91 Å². The van der Waals surface area contributed by atoms with Crippen molar-refractivity contribution in [3.8, 4) is 0 Å². The first-order valence-electron chi connectivity index (χ1n) is 10.9. The van der Waals surface area contributed by atoms with Gasteiger partial charge < -0.3 is 19.8 Å². The number of carbonyl (C=O) groups excluding carboxylic acids is 1. The van der Waals surface area contributed by atoms with Crippen LogP contribution in [0.5, 0.6) is 0 Å². The summed E-state index contributed by atoms with van der Waals surface area (Å²) in [5.41, 5.74) is 1.65. The normalized spacial score (nSPS) is 23.0. The molecule has 0 aromatic heterocycles. The highest BCUT2D eigenvalue weighted by molar-refractivity contribution is 5.86. The Morgan fingerprint density at radius 1 is 1.00 bits per heavy atom. The maximum atomic E-state index is 12.8. The molecule has 0 unspecified atom stereocenters. The van der Waals surface area contributed by atoms with Crippen LogP contribution < -0.4 is 4.90 Å². The van der Waals surface area contributed by atoms with Gasteiger partial charge in [0.2, 0.25) is 0 Å². The number of piperidine rings is 1. The third-order valence-corrected chi connectivity index (χ3v) is 6.55. The van der Waals surface area contributed by atoms with Gasteiger partial charge in [0.15, 0.2) is 0 Å². The van der Waals surface area contributed by atoms with Gasteiger partial charge in [0, 0.05) is 56.4 Å². The summed E-state index contributed by atoms with van der Waals surface area (Å²) < 4.78 is 0. The van der Waals surface area contributed by atoms with E-state index in [9.17, 15) is 9.90 Å². The molecule has 1 aromatic rings. The molecule has 1 amide bonds. The topological polar surface area (TPSA) is 47.0 Å². The zero-order chi connectivity index (χ0) is 20.5. The number of hydrogen-bond acceptors (Lipinski definition) is 4. The Labute approximate surface area is 170 Å². The zero-order valence-corrected chi connectivity index (χ0v) is 18.2. The molecule has 4 rings (SSSR count). The second-order valence-electron chi connectivity index (χ2n) is 9.01. The van der Waals surface area contributed by atoms with Crippen molar-refractivity contribution < 1.29 is 9.90 Å². The van der Waals surface area contributed by atoms with Crippen LogP contribution in [-0.4, -0.2) is 71.7 Å². The number of benzene rings is 1. The molecule has 5 heteroatoms. The number of rotatable bonds is 3. The summed E-state index contributed by atoms with van der Waals surface area (Å²) in [7, 11) is 0. The smallest absolute Gasteiger partial charge is 0.254 e. The molecule has 3 aliphatic heterocycles. The summed E-state index contributed by atoms with van der Waals surface area (Å²) in [6.45, 7) is 15.7. The third-order valence-electron chi connectivity index (χ3n) is 6.55. The average molecular weight is 388 g/mol. The van der Waals surface area contributed by atoms with Crippen LogP contribution in [0.25, 0.3) is 0 Å². The van der Waals surface area contributed by atoms with Crippen LogP contribution >= 0.6 is 0 Å². The molecule has 0 atom stereocenters. The maximum Gasteiger partial charge on any atom is 0.254 e. The molecule has 1 spiro atoms. The lowest BCUT2D eigenvalue weighted by molar-refractivity contribution is -0.170. The number of likely N-dealkylation sites (tertiary alicyclic amines) is 2. The summed E-state index contributed by atoms with van der Waals surface area (Å²) >= 11 is 0. The SMILES string of the molecule is CC.Cc1ccc(N2CC3(CN(C(=O)C4(O)CCN(C(C)C)CC4)C3)C2)cc1. The van der Waals surface area contributed by atoms with Gasteiger partial charge in [-0.1, -0.05) is 31.5 Å². The molecular formula is C23H37N3O2. The number of carbonyl (C=O) groups is 1. The lowest BCUT2D eigenvalue weighted by Crippen LogP contribution is -2.75. The van der Waals surface area contributed by atoms with Gasteiger partial charge in [-0.25, -0.2) is 0 Å². The summed E-state index contributed by atoms with van der Waals surface area (Å²) in [6.07, 6.45) is 1.12. The first kappa shape index (κ1) is 21.1. The highest BCUT2D eigenvalue weighted by atomic mass is 16.3. The number of aliphatic hydroxyl groups is 1. The standard InChI is InChI=1S/C21H31N3O2.C2H6/c1-16(2)22-10-8-21(26,9-11-22)19(25)24-14-20(15-24)12-23(13-20)18-6-4-17(3)5-7-18;1-2/h4-7,16,26H,8-15H2,1-3H3;1-2H3. The van der Waals surface area contributed by atoms with Crippen molar-refractivity contribution in [1.82, 2.24) is 9.80 Å². The number of nitrogens with zero attached hydrogens (tertiary/aromatic N) is 3. The minimum atomic E-state index is -1.15. The fourth-order valence-electron chi connectivity index (χ4n) is 4.73. The third kappa shape index (κ3) is 3.92. The van der Waals surface area contributed by atoms with Crippen LogP contribution in [0.1, 0.15) is 46.1 Å². The fourth-order valence-corrected chi connectivity index (χ4v) is 4.73. The van der Waals surface area contributed by atoms with E-state index < -0.39 is 5.60 Å². The van der Waals surface area contributed by atoms with Crippen LogP contribution in [0.15, 0.2) is 24.3 Å². The van der Waals surface area contributed by atoms with E-state index in [4.69, 9.17) is 0 Å². The minimum Gasteiger partial charge on any atom is -0.380 e. The molecule has 156 valence electrons. The molecule has 3 fully saturated rings. The molecule has 1 aromatic carbocycles. The second-order valence-corrected chi connectivity index (χ2v) is 9.01. The Morgan fingerprint density at radius 2 is 1.54 bits per heavy atom. The Hall–Kier alpha value is -1.59. The quantitative estimate of drug-likeness (QED) is 0.866. The minimum absolute atomic E-state index is 0.0414. The second kappa shape index (κ2) is 8.03. The van der Waals surface area contributed by atoms with E-state index in [0.717, 1.165) is 39.3 Å². The number of anilines is 1. The Bertz CT molecular complexity index is 664. The summed E-state index contributed by atoms with van der Waals surface area (Å²) in [5, 5.41) is 10.9. The average Bonchev–Trinajstić information content (AvgIpc) is 2.62. The van der Waals surface area contributed by atoms with Crippen molar-refractivity contribution in [2.45, 2.75) is 59.1 Å². The van der Waals surface area contributed by atoms with Crippen LogP contribution in [-0.2, 0) is 4.79 Å². The van der Waals surface area contributed by atoms with Gasteiger partial charge in [-0.3, -0.25) is 4.79 Å². The van der Waals surface area contributed by atoms with Gasteiger partial charge in [-0.15, -0.1) is 0 Å². The molecule has 3 heterocycles. The lowest BCUT2D eigenvalue weighted by Gasteiger charge is -2.61. The molecular weight excluding hydrogens is 350 g/mol. The van der Waals surface area contributed by atoms with Crippen LogP contribution in [0.2, 0.25) is 0 Å². The molecule has 0 bridgehead atoms. The van der Waals surface area contributed by atoms with Crippen molar-refractivity contribution >= 4 is 11.6 Å². The number of aryl methyl sites for hydroxylation is 1. The lowest BCUT2D eigenvalue weighted by atomic mass is 9.71. The number of amides is 1. The highest BCUT2D eigenvalue weighted by Crippen LogP contribution is 2.43. The zero-order valence-electron chi connectivity index (χ0n) is 18.2. The Morgan fingerprint density at radius 3 is 2.04 bits per heavy atom. The van der Waals surface area contributed by atoms with E-state index in [0.29, 0.717) is 18.9 Å². The highest BCUT2D eigenvalue weighted by Gasteiger charge is 2.56. The molecule has 1 N–H and O–H groups in total. The van der Waals surface area contributed by atoms with E-state index in [2.05, 4.69) is 54.8 Å². The molecule has 28 heavy (non-hydrogen) atoms. The van der Waals surface area contributed by atoms with Crippen LogP contribution in [0.4, 0.5) is 5.69 Å². The van der Waals surface area contributed by atoms with E-state index in [-0.39, 0.29) is 11.3 Å². The molecule has 3 aliphatic rings. The van der Waals surface area contributed by atoms with Gasteiger partial charge in [-0.2, -0.15) is 0 Å². The molecule has 0 saturated carbocycles. The Kier molecular flexibility index (Phi) is 6.06. The predicted molar refractivity (Wildman–Crippen MR) is 115 cm³/mol. The van der Waals surface area contributed by atoms with E-state index in [1.807, 2.05) is 18.7 Å². The van der Waals surface area contributed by atoms with E-state index >= 15 is 0 Å². The summed E-state index contributed by atoms with van der Waals surface area (Å²) in [5.74, 6) is -0.0414. The molecule has 5 nitrogen and oxygen atoms in total. The van der Waals surface area contributed by atoms with Crippen molar-refractivity contribution in [3.05, 3.63) is 29.8 Å². The van der Waals surface area contributed by atoms with E-state index in [1.165, 1.54) is 11.3 Å². The van der Waals surface area contributed by atoms with E-state index in [1.54, 1.807) is 0 Å². The van der Waals surface area contributed by atoms with Crippen molar-refractivity contribution in [1.29, 1.82) is 0 Å². The first-order valence-corrected chi connectivity index (χ1v) is 10.9. The predicted octanol–water partition coefficient (Wildman–Crippen LogP) is 2.91. The van der Waals surface area contributed by atoms with Crippen LogP contribution in [0, 0.1) is 12.3 Å². The summed E-state index contributed by atoms with van der Waals surface area (Å²) in [4.78, 5) is 19.4. The molecule has 0 aliphatic carbocycles. The molecule has 0 radical (unpaired) electrons. The van der Waals surface area contributed by atoms with Crippen molar-refractivity contribution in [2.75, 3.05) is 44.2 Å². The summed E-state index contributed by atoms with van der Waals surface area (Å²) in [6, 6.07) is 9.13. The largest absolute Gasteiger partial charge is 0.380 e.